The Labute approximate surface area is 296 Å². The van der Waals surface area contributed by atoms with Gasteiger partial charge in [0.1, 0.15) is 12.3 Å². The molecule has 4 rings (SSSR count). The number of nitrogens with zero attached hydrogens (tertiary/aromatic N) is 2. The van der Waals surface area contributed by atoms with Gasteiger partial charge in [-0.1, -0.05) is 83.2 Å². The lowest BCUT2D eigenvalue weighted by Gasteiger charge is -2.30. The molecule has 0 radical (unpaired) electrons. The van der Waals surface area contributed by atoms with Gasteiger partial charge >= 0.3 is 0 Å². The number of rotatable bonds is 17. The van der Waals surface area contributed by atoms with Crippen molar-refractivity contribution in [2.24, 2.45) is 5.92 Å². The molecule has 2 heterocycles. The number of unbranched alkanes of at least 4 members (excludes halogenated alkanes) is 4. The molecule has 7 heteroatoms. The molecule has 2 aromatic carbocycles. The van der Waals surface area contributed by atoms with Gasteiger partial charge in [-0.05, 0) is 82.9 Å². The Hall–Kier alpha value is -3.29. The summed E-state index contributed by atoms with van der Waals surface area (Å²) < 4.78 is 36.9. The predicted molar refractivity (Wildman–Crippen MR) is 204 cm³/mol. The second-order valence-corrected chi connectivity index (χ2v) is 16.4. The molecule has 0 aliphatic carbocycles. The van der Waals surface area contributed by atoms with Crippen LogP contribution in [0, 0.1) is 12.8 Å². The summed E-state index contributed by atoms with van der Waals surface area (Å²) in [5, 5.41) is 0. The first kappa shape index (κ1) is 38.5. The standard InChI is InChI=1S/C42H58N2O4S/c1-9-11-27-43-36-24-22-32(5)29-34(36)41(6,7)39(43)20-16-13-17-21-40-42(8,26-18-14-15-19-38(45)31(3)4)35-30-33(49(46,47)48)23-25-37(35)44(40)28-12-10-2/h13,16-17,20-25,29-31H,9-12,14-15,18-19,26-28H2,1-8H3/p+1. The van der Waals surface area contributed by atoms with E-state index in [-0.39, 0.29) is 16.2 Å². The van der Waals surface area contributed by atoms with Gasteiger partial charge in [0.05, 0.1) is 10.3 Å². The van der Waals surface area contributed by atoms with Gasteiger partial charge < -0.3 is 4.90 Å². The van der Waals surface area contributed by atoms with Crippen molar-refractivity contribution in [1.29, 1.82) is 0 Å². The molecule has 0 spiro atoms. The van der Waals surface area contributed by atoms with Gasteiger partial charge in [0.15, 0.2) is 5.71 Å². The number of aryl methyl sites for hydroxylation is 1. The summed E-state index contributed by atoms with van der Waals surface area (Å²) in [5.41, 5.74) is 7.75. The Morgan fingerprint density at radius 3 is 2.33 bits per heavy atom. The van der Waals surface area contributed by atoms with Crippen molar-refractivity contribution in [2.75, 3.05) is 18.0 Å². The summed E-state index contributed by atoms with van der Waals surface area (Å²) in [6.45, 7) is 19.1. The van der Waals surface area contributed by atoms with Crippen molar-refractivity contribution in [3.05, 3.63) is 89.2 Å². The van der Waals surface area contributed by atoms with Crippen LogP contribution >= 0.6 is 0 Å². The van der Waals surface area contributed by atoms with Crippen molar-refractivity contribution in [3.63, 3.8) is 0 Å². The molecule has 0 saturated carbocycles. The minimum Gasteiger partial charge on any atom is -0.344 e. The molecular formula is C42H59N2O4S+. The second kappa shape index (κ2) is 16.2. The molecule has 2 aromatic rings. The Bertz CT molecular complexity index is 1750. The smallest absolute Gasteiger partial charge is 0.294 e. The molecule has 266 valence electrons. The number of allylic oxidation sites excluding steroid dienone is 6. The highest BCUT2D eigenvalue weighted by Gasteiger charge is 2.45. The number of Topliss-reactive ketones (excluding diaryl/α,β-unsaturated/α-hetero) is 1. The van der Waals surface area contributed by atoms with Gasteiger partial charge in [0.2, 0.25) is 5.69 Å². The van der Waals surface area contributed by atoms with E-state index in [1.807, 2.05) is 19.9 Å². The summed E-state index contributed by atoms with van der Waals surface area (Å²) in [6.07, 6.45) is 19.2. The van der Waals surface area contributed by atoms with E-state index in [0.29, 0.717) is 12.2 Å². The first-order valence-corrected chi connectivity index (χ1v) is 19.8. The monoisotopic (exact) mass is 687 g/mol. The lowest BCUT2D eigenvalue weighted by Crippen LogP contribution is -2.29. The normalized spacial score (nSPS) is 19.6. The first-order chi connectivity index (χ1) is 23.2. The van der Waals surface area contributed by atoms with E-state index in [2.05, 4.69) is 99.6 Å². The number of ketones is 1. The third kappa shape index (κ3) is 8.54. The van der Waals surface area contributed by atoms with Gasteiger partial charge in [0, 0.05) is 59.8 Å². The molecule has 2 aliphatic rings. The molecular weight excluding hydrogens is 629 g/mol. The maximum absolute atomic E-state index is 12.2. The molecule has 1 atom stereocenters. The zero-order valence-corrected chi connectivity index (χ0v) is 32.0. The van der Waals surface area contributed by atoms with Gasteiger partial charge in [-0.2, -0.15) is 13.0 Å². The second-order valence-electron chi connectivity index (χ2n) is 15.0. The molecule has 0 aromatic heterocycles. The van der Waals surface area contributed by atoms with Crippen molar-refractivity contribution in [2.45, 2.75) is 129 Å². The van der Waals surface area contributed by atoms with Crippen LogP contribution in [-0.4, -0.2) is 42.1 Å². The highest BCUT2D eigenvalue weighted by molar-refractivity contribution is 7.85. The van der Waals surface area contributed by atoms with Crippen LogP contribution in [0.2, 0.25) is 0 Å². The van der Waals surface area contributed by atoms with Gasteiger partial charge in [-0.25, -0.2) is 0 Å². The molecule has 1 N–H and O–H groups in total. The molecule has 49 heavy (non-hydrogen) atoms. The number of hydrogen-bond donors (Lipinski definition) is 1. The molecule has 0 saturated heterocycles. The fourth-order valence-corrected chi connectivity index (χ4v) is 7.97. The third-order valence-electron chi connectivity index (χ3n) is 10.5. The maximum atomic E-state index is 12.2. The van der Waals surface area contributed by atoms with E-state index in [4.69, 9.17) is 0 Å². The van der Waals surface area contributed by atoms with E-state index in [1.54, 1.807) is 6.07 Å². The summed E-state index contributed by atoms with van der Waals surface area (Å²) in [5.74, 6) is 0.351. The van der Waals surface area contributed by atoms with Crippen LogP contribution in [0.25, 0.3) is 0 Å². The zero-order valence-electron chi connectivity index (χ0n) is 31.2. The summed E-state index contributed by atoms with van der Waals surface area (Å²) in [6, 6.07) is 11.8. The van der Waals surface area contributed by atoms with Gasteiger partial charge in [-0.3, -0.25) is 9.35 Å². The van der Waals surface area contributed by atoms with Crippen LogP contribution in [0.5, 0.6) is 0 Å². The van der Waals surface area contributed by atoms with E-state index in [0.717, 1.165) is 81.4 Å². The summed E-state index contributed by atoms with van der Waals surface area (Å²) in [4.78, 5) is 14.5. The Kier molecular flexibility index (Phi) is 12.7. The van der Waals surface area contributed by atoms with Crippen molar-refractivity contribution in [1.82, 2.24) is 0 Å². The Morgan fingerprint density at radius 1 is 0.918 bits per heavy atom. The maximum Gasteiger partial charge on any atom is 0.294 e. The summed E-state index contributed by atoms with van der Waals surface area (Å²) >= 11 is 0. The molecule has 0 amide bonds. The quantitative estimate of drug-likeness (QED) is 0.0775. The number of carbonyl (C=O) groups is 1. The minimum absolute atomic E-state index is 0.0534. The van der Waals surface area contributed by atoms with E-state index in [1.165, 1.54) is 28.6 Å². The number of anilines is 1. The lowest BCUT2D eigenvalue weighted by molar-refractivity contribution is -0.438. The highest BCUT2D eigenvalue weighted by Crippen LogP contribution is 2.51. The highest BCUT2D eigenvalue weighted by atomic mass is 32.2. The van der Waals surface area contributed by atoms with Crippen molar-refractivity contribution in [3.8, 4) is 0 Å². The van der Waals surface area contributed by atoms with Crippen LogP contribution < -0.4 is 4.90 Å². The number of hydrogen-bond acceptors (Lipinski definition) is 4. The lowest BCUT2D eigenvalue weighted by atomic mass is 9.77. The van der Waals surface area contributed by atoms with Crippen LogP contribution in [0.1, 0.15) is 123 Å². The van der Waals surface area contributed by atoms with Crippen molar-refractivity contribution >= 4 is 33.0 Å². The summed E-state index contributed by atoms with van der Waals surface area (Å²) in [7, 11) is -4.35. The number of benzene rings is 2. The molecule has 1 unspecified atom stereocenters. The van der Waals surface area contributed by atoms with E-state index in [9.17, 15) is 17.8 Å². The van der Waals surface area contributed by atoms with E-state index < -0.39 is 15.5 Å². The van der Waals surface area contributed by atoms with Crippen LogP contribution in [0.15, 0.2) is 77.4 Å². The average Bonchev–Trinajstić information content (AvgIpc) is 3.40. The average molecular weight is 688 g/mol. The van der Waals surface area contributed by atoms with E-state index >= 15 is 0 Å². The minimum atomic E-state index is -4.35. The number of carbonyl (C=O) groups excluding carboxylic acids is 1. The molecule has 0 fully saturated rings. The fourth-order valence-electron chi connectivity index (χ4n) is 7.46. The predicted octanol–water partition coefficient (Wildman–Crippen LogP) is 10.2. The van der Waals surface area contributed by atoms with Crippen LogP contribution in [0.4, 0.5) is 11.4 Å². The zero-order chi connectivity index (χ0) is 36.0. The van der Waals surface area contributed by atoms with Crippen LogP contribution in [0.3, 0.4) is 0 Å². The van der Waals surface area contributed by atoms with Gasteiger partial charge in [0.25, 0.3) is 10.1 Å². The topological polar surface area (TPSA) is 77.7 Å². The molecule has 0 bridgehead atoms. The molecule has 6 nitrogen and oxygen atoms in total. The SMILES string of the molecule is CCCCN1\C(=C/C=C/C=C/C2=[N+](CCCC)c3ccc(C)cc3C2(C)C)C(C)(CCCCCC(=O)C(C)C)c2cc(S(=O)(=O)O)ccc21. The third-order valence-corrected chi connectivity index (χ3v) is 11.3. The number of fused-ring (bicyclic) bond motifs is 2. The van der Waals surface area contributed by atoms with Crippen molar-refractivity contribution < 1.29 is 22.3 Å². The first-order valence-electron chi connectivity index (χ1n) is 18.4. The Morgan fingerprint density at radius 2 is 1.65 bits per heavy atom. The Balaban J connectivity index is 1.69. The largest absolute Gasteiger partial charge is 0.344 e. The van der Waals surface area contributed by atoms with Gasteiger partial charge in [-0.15, -0.1) is 0 Å². The fraction of sp³-hybridized carbons (Fsp3) is 0.524. The van der Waals surface area contributed by atoms with Crippen LogP contribution in [-0.2, 0) is 25.7 Å². The molecule has 2 aliphatic heterocycles.